The molecule has 0 atom stereocenters. The fraction of sp³-hybridized carbons (Fsp3) is 0.200. The topological polar surface area (TPSA) is 13.1 Å². The predicted octanol–water partition coefficient (Wildman–Crippen LogP) is 2.02. The van der Waals surface area contributed by atoms with E-state index < -0.39 is 0 Å². The third kappa shape index (κ3) is 0.967. The molecule has 0 aliphatic heterocycles. The van der Waals surface area contributed by atoms with Gasteiger partial charge in [-0.15, -0.1) is 11.6 Å². The Kier molecular flexibility index (Phi) is 1.37. The van der Waals surface area contributed by atoms with Crippen LogP contribution in [0, 0.1) is 0 Å². The van der Waals surface area contributed by atoms with Gasteiger partial charge in [-0.25, -0.2) is 0 Å². The molecule has 0 N–H and O–H groups in total. The molecule has 0 spiro atoms. The quantitative estimate of drug-likeness (QED) is 0.512. The second-order valence-corrected chi connectivity index (χ2v) is 1.48. The van der Waals surface area contributed by atoms with Crippen LogP contribution in [0.2, 0.25) is 0 Å². The Labute approximate surface area is 46.9 Å². The number of alkyl halides is 1. The van der Waals surface area contributed by atoms with Crippen molar-refractivity contribution in [1.29, 1.82) is 0 Å². The molecule has 0 saturated carbocycles. The molecule has 0 radical (unpaired) electrons. The van der Waals surface area contributed by atoms with Crippen LogP contribution >= 0.6 is 11.6 Å². The zero-order valence-corrected chi connectivity index (χ0v) is 4.48. The molecule has 0 aromatic carbocycles. The maximum atomic E-state index is 5.37. The van der Waals surface area contributed by atoms with E-state index in [0.717, 1.165) is 5.76 Å². The van der Waals surface area contributed by atoms with Crippen molar-refractivity contribution >= 4 is 11.6 Å². The van der Waals surface area contributed by atoms with Crippen LogP contribution in [-0.4, -0.2) is 0 Å². The van der Waals surface area contributed by atoms with Crippen molar-refractivity contribution in [1.82, 2.24) is 0 Å². The van der Waals surface area contributed by atoms with Crippen molar-refractivity contribution in [2.24, 2.45) is 0 Å². The molecule has 0 unspecified atom stereocenters. The first-order valence-electron chi connectivity index (χ1n) is 2.02. The summed E-state index contributed by atoms with van der Waals surface area (Å²) in [5.41, 5.74) is 0. The van der Waals surface area contributed by atoms with Gasteiger partial charge in [0.1, 0.15) is 5.76 Å². The van der Waals surface area contributed by atoms with Gasteiger partial charge in [-0.2, -0.15) is 0 Å². The lowest BCUT2D eigenvalue weighted by Gasteiger charge is -1.77. The van der Waals surface area contributed by atoms with Gasteiger partial charge in [0.2, 0.25) is 0 Å². The van der Waals surface area contributed by atoms with Crippen LogP contribution in [0.3, 0.4) is 0 Å². The van der Waals surface area contributed by atoms with E-state index in [0.29, 0.717) is 5.88 Å². The molecular weight excluding hydrogens is 112 g/mol. The maximum Gasteiger partial charge on any atom is 0.118 e. The number of hydrogen-bond donors (Lipinski definition) is 0. The molecule has 1 aromatic heterocycles. The van der Waals surface area contributed by atoms with E-state index in [-0.39, 0.29) is 0 Å². The molecule has 1 nitrogen and oxygen atoms in total. The molecule has 0 bridgehead atoms. The van der Waals surface area contributed by atoms with Crippen LogP contribution in [0.5, 0.6) is 0 Å². The summed E-state index contributed by atoms with van der Waals surface area (Å²) in [4.78, 5) is 0. The van der Waals surface area contributed by atoms with Gasteiger partial charge < -0.3 is 4.42 Å². The van der Waals surface area contributed by atoms with E-state index in [9.17, 15) is 0 Å². The molecule has 0 aliphatic carbocycles. The predicted molar refractivity (Wildman–Crippen MR) is 28.3 cm³/mol. The lowest BCUT2D eigenvalue weighted by molar-refractivity contribution is 0.529. The molecule has 0 saturated heterocycles. The third-order valence-electron chi connectivity index (χ3n) is 0.712. The summed E-state index contributed by atoms with van der Waals surface area (Å²) in [6, 6.07) is 3.66. The highest BCUT2D eigenvalue weighted by Crippen LogP contribution is 2.01. The Morgan fingerprint density at radius 2 is 2.57 bits per heavy atom. The van der Waals surface area contributed by atoms with Crippen LogP contribution in [0.15, 0.2) is 22.8 Å². The highest BCUT2D eigenvalue weighted by Gasteiger charge is 1.86. The molecule has 1 heterocycles. The van der Waals surface area contributed by atoms with Crippen molar-refractivity contribution in [3.05, 3.63) is 24.2 Å². The van der Waals surface area contributed by atoms with Crippen LogP contribution in [0.4, 0.5) is 0 Å². The van der Waals surface area contributed by atoms with Crippen molar-refractivity contribution in [3.8, 4) is 0 Å². The molecule has 1 rings (SSSR count). The molecule has 1 aromatic rings. The summed E-state index contributed by atoms with van der Waals surface area (Å²) in [5, 5.41) is 0. The van der Waals surface area contributed by atoms with E-state index in [1.165, 1.54) is 0 Å². The number of halogens is 1. The van der Waals surface area contributed by atoms with Crippen LogP contribution < -0.4 is 0 Å². The first-order valence-corrected chi connectivity index (χ1v) is 2.55. The summed E-state index contributed by atoms with van der Waals surface area (Å²) >= 11 is 5.37. The Morgan fingerprint density at radius 3 is 2.86 bits per heavy atom. The average molecular weight is 117 g/mol. The molecule has 38 valence electrons. The second kappa shape index (κ2) is 2.03. The van der Waals surface area contributed by atoms with Crippen molar-refractivity contribution in [2.45, 2.75) is 5.88 Å². The Bertz CT molecular complexity index is 123. The first kappa shape index (κ1) is 4.72. The van der Waals surface area contributed by atoms with Gasteiger partial charge in [0, 0.05) is 0 Å². The van der Waals surface area contributed by atoms with Crippen molar-refractivity contribution in [3.63, 3.8) is 0 Å². The molecule has 0 amide bonds. The molecule has 0 aliphatic rings. The summed E-state index contributed by atoms with van der Waals surface area (Å²) in [5.74, 6) is 1.29. The zero-order chi connectivity index (χ0) is 5.11. The zero-order valence-electron chi connectivity index (χ0n) is 3.73. The molecular formula is C5H5ClO. The normalized spacial score (nSPS) is 9.29. The Hall–Kier alpha value is -0.430. The number of hydrogen-bond acceptors (Lipinski definition) is 1. The highest BCUT2D eigenvalue weighted by molar-refractivity contribution is 6.16. The van der Waals surface area contributed by atoms with E-state index >= 15 is 0 Å². The lowest BCUT2D eigenvalue weighted by atomic mass is 10.5. The van der Waals surface area contributed by atoms with Crippen LogP contribution in [-0.2, 0) is 5.88 Å². The van der Waals surface area contributed by atoms with Crippen molar-refractivity contribution in [2.75, 3.05) is 0 Å². The number of rotatable bonds is 1. The van der Waals surface area contributed by atoms with Crippen LogP contribution in [0.25, 0.3) is 0 Å². The largest absolute Gasteiger partial charge is 0.468 e. The van der Waals surface area contributed by atoms with Crippen LogP contribution in [0.1, 0.15) is 5.76 Å². The second-order valence-electron chi connectivity index (χ2n) is 1.21. The fourth-order valence-corrected chi connectivity index (χ4v) is 0.541. The van der Waals surface area contributed by atoms with Gasteiger partial charge in [0.05, 0.1) is 12.1 Å². The van der Waals surface area contributed by atoms with E-state index in [2.05, 4.69) is 0 Å². The minimum Gasteiger partial charge on any atom is -0.468 e. The van der Waals surface area contributed by atoms with Gasteiger partial charge in [-0.3, -0.25) is 0 Å². The lowest BCUT2D eigenvalue weighted by Crippen LogP contribution is -1.62. The van der Waals surface area contributed by atoms with Crippen molar-refractivity contribution < 1.29 is 4.42 Å². The van der Waals surface area contributed by atoms with Gasteiger partial charge in [0.15, 0.2) is 0 Å². The van der Waals surface area contributed by atoms with Gasteiger partial charge >= 0.3 is 0 Å². The number of furan rings is 1. The fourth-order valence-electron chi connectivity index (χ4n) is 0.389. The van der Waals surface area contributed by atoms with Gasteiger partial charge in [-0.1, -0.05) is 0 Å². The Morgan fingerprint density at radius 1 is 1.71 bits per heavy atom. The molecule has 2 heteroatoms. The minimum atomic E-state index is 0.465. The molecule has 0 fully saturated rings. The van der Waals surface area contributed by atoms with E-state index in [1.807, 2.05) is 12.1 Å². The summed E-state index contributed by atoms with van der Waals surface area (Å²) < 4.78 is 4.85. The maximum absolute atomic E-state index is 5.37. The highest BCUT2D eigenvalue weighted by atomic mass is 35.5. The van der Waals surface area contributed by atoms with E-state index in [4.69, 9.17) is 16.0 Å². The third-order valence-corrected chi connectivity index (χ3v) is 0.975. The summed E-state index contributed by atoms with van der Waals surface area (Å²) in [6.45, 7) is 0. The smallest absolute Gasteiger partial charge is 0.118 e. The SMILES string of the molecule is ClCc1ccco1. The van der Waals surface area contributed by atoms with Gasteiger partial charge in [0.25, 0.3) is 0 Å². The summed E-state index contributed by atoms with van der Waals surface area (Å²) in [6.07, 6.45) is 1.61. The summed E-state index contributed by atoms with van der Waals surface area (Å²) in [7, 11) is 0. The van der Waals surface area contributed by atoms with Gasteiger partial charge in [-0.05, 0) is 12.1 Å². The van der Waals surface area contributed by atoms with E-state index in [1.54, 1.807) is 6.26 Å². The Balaban J connectivity index is 2.76. The average Bonchev–Trinajstić information content (AvgIpc) is 2.14. The standard InChI is InChI=1S/C5H5ClO/c6-4-5-2-1-3-7-5/h1-3H,4H2. The monoisotopic (exact) mass is 116 g/mol. The molecule has 7 heavy (non-hydrogen) atoms. The first-order chi connectivity index (χ1) is 3.43. The minimum absolute atomic E-state index is 0.465.